The summed E-state index contributed by atoms with van der Waals surface area (Å²) in [4.78, 5) is 27.0. The Morgan fingerprint density at radius 2 is 1.78 bits per heavy atom. The van der Waals surface area contributed by atoms with Crippen LogP contribution in [0.1, 0.15) is 94.7 Å². The van der Waals surface area contributed by atoms with E-state index in [0.29, 0.717) is 17.9 Å². The number of allylic oxidation sites excluding steroid dienone is 2. The Kier molecular flexibility index (Phi) is 10.3. The van der Waals surface area contributed by atoms with Gasteiger partial charge >= 0.3 is 5.97 Å². The number of nitrogens with zero attached hydrogens (tertiary/aromatic N) is 6. The number of hydrogen-bond donors (Lipinski definition) is 4. The van der Waals surface area contributed by atoms with Crippen molar-refractivity contribution in [2.75, 3.05) is 57.2 Å². The van der Waals surface area contributed by atoms with E-state index in [1.807, 2.05) is 36.5 Å². The lowest BCUT2D eigenvalue weighted by Crippen LogP contribution is -2.64. The molecular weight excluding hydrogens is 763 g/mol. The molecular formula is C45H59N9O4S. The lowest BCUT2D eigenvalue weighted by molar-refractivity contribution is -0.248. The number of thiazole rings is 1. The molecule has 4 fully saturated rings. The van der Waals surface area contributed by atoms with Crippen molar-refractivity contribution >= 4 is 38.5 Å². The van der Waals surface area contributed by atoms with Gasteiger partial charge in [-0.1, -0.05) is 37.3 Å². The summed E-state index contributed by atoms with van der Waals surface area (Å²) >= 11 is 1.61. The number of hydrogen-bond acceptors (Lipinski definition) is 12. The maximum Gasteiger partial charge on any atom is 0.355 e. The molecule has 4 aliphatic carbocycles. The standard InChI is InChI=1S/C45H59N9O4S/c1-29-31-11-9-17-53(39(31)51-50-38(29)49-41-47-34-12-7-8-13-35(34)59-41)36-15-14-32(37(48-36)40(55)56)33-21-46-54(30(33)2)28-44-23-42(3)22-43(4,24-44)26-45(25-42,27-44)58-20-18-52(5)16-10-19-57-6/h7-8,12-15,21,50-51H,9-11,16-20,22-28H2,1-6H3,(H,47,49)(H,55,56). The number of carboxylic acids is 1. The van der Waals surface area contributed by atoms with E-state index in [1.54, 1.807) is 18.4 Å². The lowest BCUT2D eigenvalue weighted by atomic mass is 9.39. The number of benzene rings is 1. The minimum Gasteiger partial charge on any atom is -0.476 e. The fourth-order valence-corrected chi connectivity index (χ4v) is 13.3. The van der Waals surface area contributed by atoms with E-state index >= 15 is 0 Å². The summed E-state index contributed by atoms with van der Waals surface area (Å²) in [7, 11) is 3.93. The van der Waals surface area contributed by atoms with Gasteiger partial charge in [-0.25, -0.2) is 14.8 Å². The van der Waals surface area contributed by atoms with Crippen LogP contribution in [0, 0.1) is 23.2 Å². The van der Waals surface area contributed by atoms with Crippen LogP contribution in [-0.4, -0.2) is 88.3 Å². The predicted octanol–water partition coefficient (Wildman–Crippen LogP) is 7.93. The number of rotatable bonds is 15. The number of fused-ring (bicyclic) bond motifs is 1. The van der Waals surface area contributed by atoms with Crippen molar-refractivity contribution in [3.05, 3.63) is 76.8 Å². The first kappa shape index (κ1) is 39.9. The zero-order chi connectivity index (χ0) is 41.2. The van der Waals surface area contributed by atoms with Crippen LogP contribution in [-0.2, 0) is 16.0 Å². The predicted molar refractivity (Wildman–Crippen MR) is 232 cm³/mol. The fourth-order valence-electron chi connectivity index (χ4n) is 12.4. The van der Waals surface area contributed by atoms with Gasteiger partial charge in [-0.2, -0.15) is 5.10 Å². The average molecular weight is 822 g/mol. The van der Waals surface area contributed by atoms with Crippen molar-refractivity contribution in [1.82, 2.24) is 35.5 Å². The van der Waals surface area contributed by atoms with E-state index in [0.717, 1.165) is 134 Å². The normalized spacial score (nSPS) is 27.4. The molecule has 2 atom stereocenters. The molecule has 0 radical (unpaired) electrons. The average Bonchev–Trinajstić information content (AvgIpc) is 3.75. The van der Waals surface area contributed by atoms with Crippen LogP contribution < -0.4 is 21.1 Å². The molecule has 4 N–H and O–H groups in total. The van der Waals surface area contributed by atoms with Crippen molar-refractivity contribution in [2.45, 2.75) is 97.6 Å². The second kappa shape index (κ2) is 15.2. The van der Waals surface area contributed by atoms with Gasteiger partial charge in [-0.05, 0) is 125 Å². The topological polar surface area (TPSA) is 142 Å². The second-order valence-electron chi connectivity index (χ2n) is 19.0. The Hall–Kier alpha value is -4.50. The minimum atomic E-state index is -1.06. The molecule has 2 unspecified atom stereocenters. The molecule has 14 heteroatoms. The highest BCUT2D eigenvalue weighted by Crippen LogP contribution is 2.72. The molecule has 4 aromatic rings. The number of hydrazine groups is 1. The Balaban J connectivity index is 0.944. The number of para-hydroxylation sites is 1. The molecule has 6 aliphatic rings. The van der Waals surface area contributed by atoms with Crippen molar-refractivity contribution < 1.29 is 19.4 Å². The molecule has 0 spiro atoms. The minimum absolute atomic E-state index is 0.0291. The number of ether oxygens (including phenoxy) is 2. The number of carboxylic acid groups (broad SMARTS) is 1. The number of anilines is 2. The molecule has 10 rings (SSSR count). The summed E-state index contributed by atoms with van der Waals surface area (Å²) in [5.74, 6) is 1.27. The van der Waals surface area contributed by atoms with E-state index in [-0.39, 0.29) is 27.5 Å². The summed E-state index contributed by atoms with van der Waals surface area (Å²) in [6.07, 6.45) is 11.5. The highest BCUT2D eigenvalue weighted by Gasteiger charge is 2.66. The van der Waals surface area contributed by atoms with Gasteiger partial charge in [0.15, 0.2) is 10.8 Å². The highest BCUT2D eigenvalue weighted by atomic mass is 32.1. The maximum absolute atomic E-state index is 13.0. The number of aromatic carboxylic acids is 1. The van der Waals surface area contributed by atoms with E-state index in [4.69, 9.17) is 24.5 Å². The number of likely N-dealkylation sites (N-methyl/N-ethyl adjacent to an activating group) is 1. The van der Waals surface area contributed by atoms with Gasteiger partial charge in [0, 0.05) is 62.3 Å². The molecule has 1 aromatic carbocycles. The third-order valence-corrected chi connectivity index (χ3v) is 14.6. The van der Waals surface area contributed by atoms with Crippen molar-refractivity contribution in [3.63, 3.8) is 0 Å². The molecule has 0 amide bonds. The van der Waals surface area contributed by atoms with E-state index in [2.05, 4.69) is 71.5 Å². The zero-order valence-electron chi connectivity index (χ0n) is 35.4. The number of carbonyl (C=O) groups is 1. The van der Waals surface area contributed by atoms with Crippen molar-refractivity contribution in [1.29, 1.82) is 0 Å². The Morgan fingerprint density at radius 1 is 0.983 bits per heavy atom. The quantitative estimate of drug-likeness (QED) is 0.0866. The summed E-state index contributed by atoms with van der Waals surface area (Å²) < 4.78 is 15.5. The van der Waals surface area contributed by atoms with Crippen LogP contribution in [0.15, 0.2) is 65.4 Å². The molecule has 13 nitrogen and oxygen atoms in total. The Morgan fingerprint density at radius 3 is 2.54 bits per heavy atom. The SMILES string of the molecule is COCCCN(C)CCOC12CC3(C)CC(C)(CC(Cn4ncc(-c5ccc(N6CCCC7=C6NNC(Nc6nc8ccccc8s6)=C7C)nc5C(=O)O)c4C)(C3)C1)C2. The highest BCUT2D eigenvalue weighted by molar-refractivity contribution is 7.22. The number of pyridine rings is 1. The third kappa shape index (κ3) is 7.62. The zero-order valence-corrected chi connectivity index (χ0v) is 36.2. The largest absolute Gasteiger partial charge is 0.476 e. The van der Waals surface area contributed by atoms with E-state index < -0.39 is 5.97 Å². The van der Waals surface area contributed by atoms with Gasteiger partial charge < -0.3 is 29.7 Å². The van der Waals surface area contributed by atoms with Crippen LogP contribution >= 0.6 is 11.3 Å². The second-order valence-corrected chi connectivity index (χ2v) is 20.0. The van der Waals surface area contributed by atoms with Gasteiger partial charge in [-0.3, -0.25) is 15.5 Å². The first-order valence-electron chi connectivity index (χ1n) is 21.2. The fraction of sp³-hybridized carbons (Fsp3) is 0.556. The molecule has 59 heavy (non-hydrogen) atoms. The van der Waals surface area contributed by atoms with Crippen molar-refractivity contribution in [2.24, 2.45) is 16.2 Å². The van der Waals surface area contributed by atoms with Gasteiger partial charge in [-0.15, -0.1) is 0 Å². The van der Waals surface area contributed by atoms with Crippen LogP contribution in [0.5, 0.6) is 0 Å². The maximum atomic E-state index is 13.0. The molecule has 2 aliphatic heterocycles. The van der Waals surface area contributed by atoms with Crippen LogP contribution in [0.2, 0.25) is 0 Å². The number of methoxy groups -OCH3 is 1. The van der Waals surface area contributed by atoms with Gasteiger partial charge in [0.25, 0.3) is 0 Å². The third-order valence-electron chi connectivity index (χ3n) is 13.7. The molecule has 4 bridgehead atoms. The van der Waals surface area contributed by atoms with Gasteiger partial charge in [0.05, 0.1) is 28.6 Å². The molecule has 0 saturated heterocycles. The first-order chi connectivity index (χ1) is 28.3. The monoisotopic (exact) mass is 821 g/mol. The van der Waals surface area contributed by atoms with Crippen LogP contribution in [0.3, 0.4) is 0 Å². The summed E-state index contributed by atoms with van der Waals surface area (Å²) in [5, 5.41) is 19.9. The summed E-state index contributed by atoms with van der Waals surface area (Å²) in [6.45, 7) is 14.1. The smallest absolute Gasteiger partial charge is 0.355 e. The molecule has 4 saturated carbocycles. The molecule has 3 aromatic heterocycles. The first-order valence-corrected chi connectivity index (χ1v) is 22.1. The van der Waals surface area contributed by atoms with E-state index in [9.17, 15) is 9.90 Å². The van der Waals surface area contributed by atoms with E-state index in [1.165, 1.54) is 6.42 Å². The number of aromatic nitrogens is 4. The van der Waals surface area contributed by atoms with Gasteiger partial charge in [0.2, 0.25) is 0 Å². The molecule has 314 valence electrons. The number of nitrogens with one attached hydrogen (secondary N) is 3. The van der Waals surface area contributed by atoms with Crippen LogP contribution in [0.4, 0.5) is 10.9 Å². The van der Waals surface area contributed by atoms with Crippen molar-refractivity contribution in [3.8, 4) is 11.1 Å². The summed E-state index contributed by atoms with van der Waals surface area (Å²) in [6, 6.07) is 12.0. The lowest BCUT2D eigenvalue weighted by Gasteiger charge is -2.69. The van der Waals surface area contributed by atoms with Crippen LogP contribution in [0.25, 0.3) is 21.3 Å². The van der Waals surface area contributed by atoms with Gasteiger partial charge in [0.1, 0.15) is 17.5 Å². The summed E-state index contributed by atoms with van der Waals surface area (Å²) in [5.41, 5.74) is 12.7. The Bertz CT molecular complexity index is 2280. The Labute approximate surface area is 351 Å². The molecule has 5 heterocycles.